The fourth-order valence-electron chi connectivity index (χ4n) is 4.73. The molecule has 15 heteroatoms. The van der Waals surface area contributed by atoms with Gasteiger partial charge in [-0.1, -0.05) is 11.6 Å². The molecule has 0 bridgehead atoms. The first kappa shape index (κ1) is 31.4. The molecule has 3 heterocycles. The molecule has 0 radical (unpaired) electrons. The van der Waals surface area contributed by atoms with Crippen LogP contribution < -0.4 is 15.4 Å². The van der Waals surface area contributed by atoms with Gasteiger partial charge in [0.2, 0.25) is 11.7 Å². The van der Waals surface area contributed by atoms with E-state index in [1.165, 1.54) is 49.2 Å². The number of amides is 3. The second kappa shape index (κ2) is 13.6. The Labute approximate surface area is 250 Å². The molecule has 2 aliphatic heterocycles. The molecule has 0 unspecified atom stereocenters. The molecule has 228 valence electrons. The average molecular weight is 619 g/mol. The van der Waals surface area contributed by atoms with E-state index in [-0.39, 0.29) is 57.6 Å². The summed E-state index contributed by atoms with van der Waals surface area (Å²) in [5.41, 5.74) is 0.707. The Bertz CT molecular complexity index is 1540. The van der Waals surface area contributed by atoms with E-state index in [2.05, 4.69) is 15.6 Å². The second-order valence-electron chi connectivity index (χ2n) is 9.70. The van der Waals surface area contributed by atoms with Crippen molar-refractivity contribution < 1.29 is 37.8 Å². The van der Waals surface area contributed by atoms with Gasteiger partial charge in [0.1, 0.15) is 0 Å². The van der Waals surface area contributed by atoms with E-state index >= 15 is 0 Å². The van der Waals surface area contributed by atoms with Crippen molar-refractivity contribution in [3.8, 4) is 17.0 Å². The van der Waals surface area contributed by atoms with Crippen LogP contribution in [-0.2, 0) is 16.6 Å². The molecule has 3 amide bonds. The number of piperazine rings is 1. The minimum absolute atomic E-state index is 0.0170. The van der Waals surface area contributed by atoms with E-state index in [1.54, 1.807) is 15.9 Å². The molecule has 0 spiro atoms. The number of halogens is 3. The van der Waals surface area contributed by atoms with Crippen LogP contribution in [0.5, 0.6) is 5.75 Å². The molecule has 43 heavy (non-hydrogen) atoms. The van der Waals surface area contributed by atoms with E-state index in [0.29, 0.717) is 45.0 Å². The summed E-state index contributed by atoms with van der Waals surface area (Å²) in [5.74, 6) is -3.29. The molecule has 3 aromatic rings. The Hall–Kier alpha value is -4.56. The van der Waals surface area contributed by atoms with Crippen LogP contribution in [-0.4, -0.2) is 95.0 Å². The fraction of sp³-hybridized carbons (Fsp3) is 0.321. The first-order valence-corrected chi connectivity index (χ1v) is 13.5. The zero-order valence-electron chi connectivity index (χ0n) is 23.3. The molecule has 5 rings (SSSR count). The Morgan fingerprint density at radius 2 is 1.74 bits per heavy atom. The summed E-state index contributed by atoms with van der Waals surface area (Å²) < 4.78 is 34.9. The molecule has 3 N–H and O–H groups in total. The van der Waals surface area contributed by atoms with Crippen molar-refractivity contribution in [3.63, 3.8) is 0 Å². The normalized spacial score (nSPS) is 14.7. The topological polar surface area (TPSA) is 146 Å². The fourth-order valence-corrected chi connectivity index (χ4v) is 4.99. The number of carboxylic acid groups (broad SMARTS) is 1. The maximum atomic E-state index is 14.6. The monoisotopic (exact) mass is 618 g/mol. The Morgan fingerprint density at radius 3 is 2.33 bits per heavy atom. The Kier molecular flexibility index (Phi) is 9.93. The highest BCUT2D eigenvalue weighted by molar-refractivity contribution is 6.34. The van der Waals surface area contributed by atoms with Gasteiger partial charge in [-0.3, -0.25) is 19.2 Å². The van der Waals surface area contributed by atoms with Crippen molar-refractivity contribution in [2.24, 2.45) is 13.0 Å². The highest BCUT2D eigenvalue weighted by Crippen LogP contribution is 2.30. The maximum absolute atomic E-state index is 14.6. The number of rotatable bonds is 6. The van der Waals surface area contributed by atoms with E-state index < -0.39 is 17.5 Å². The third-order valence-corrected chi connectivity index (χ3v) is 7.51. The SMILES string of the molecule is COc1ccc(-c2cnc(C(=O)Nc3ccc(C(=O)N4CCN(C(=O)C5CNC5)CC4)c(Cl)c3)n2C)c(F)c1F.O=CO. The summed E-state index contributed by atoms with van der Waals surface area (Å²) >= 11 is 6.41. The molecule has 0 saturated carbocycles. The number of carbonyl (C=O) groups excluding carboxylic acids is 3. The van der Waals surface area contributed by atoms with Crippen LogP contribution in [0.25, 0.3) is 11.3 Å². The number of benzene rings is 2. The van der Waals surface area contributed by atoms with Crippen molar-refractivity contribution in [2.45, 2.75) is 0 Å². The standard InChI is InChI=1S/C27H27ClF2N6O4.CH2O2/c1-34-20(18-5-6-21(40-2)23(30)22(18)29)14-32-24(34)25(37)33-16-3-4-17(19(28)11-16)27(39)36-9-7-35(8-10-36)26(38)15-12-31-13-15;2-1-3/h3-6,11,14-15,31H,7-10,12-13H2,1-2H3,(H,33,37);1H,(H,2,3). The van der Waals surface area contributed by atoms with Gasteiger partial charge in [-0.25, -0.2) is 9.37 Å². The lowest BCUT2D eigenvalue weighted by Gasteiger charge is -2.38. The maximum Gasteiger partial charge on any atom is 0.291 e. The highest BCUT2D eigenvalue weighted by atomic mass is 35.5. The molecule has 2 aliphatic rings. The van der Waals surface area contributed by atoms with Crippen LogP contribution >= 0.6 is 11.6 Å². The summed E-state index contributed by atoms with van der Waals surface area (Å²) in [4.78, 5) is 54.3. The lowest BCUT2D eigenvalue weighted by atomic mass is 10.0. The number of hydrogen-bond acceptors (Lipinski definition) is 7. The van der Waals surface area contributed by atoms with Gasteiger partial charge >= 0.3 is 0 Å². The van der Waals surface area contributed by atoms with Crippen LogP contribution in [0, 0.1) is 17.6 Å². The van der Waals surface area contributed by atoms with Crippen LogP contribution in [0.1, 0.15) is 21.0 Å². The van der Waals surface area contributed by atoms with Gasteiger partial charge in [0, 0.05) is 57.6 Å². The zero-order chi connectivity index (χ0) is 31.3. The van der Waals surface area contributed by atoms with Crippen molar-refractivity contribution in [1.82, 2.24) is 24.7 Å². The van der Waals surface area contributed by atoms with Crippen molar-refractivity contribution in [3.05, 3.63) is 64.6 Å². The summed E-state index contributed by atoms with van der Waals surface area (Å²) in [7, 11) is 2.74. The average Bonchev–Trinajstić information content (AvgIpc) is 3.34. The molecular weight excluding hydrogens is 590 g/mol. The number of nitrogens with one attached hydrogen (secondary N) is 2. The molecule has 0 aliphatic carbocycles. The largest absolute Gasteiger partial charge is 0.494 e. The summed E-state index contributed by atoms with van der Waals surface area (Å²) in [6.45, 7) is 2.87. The number of hydrogen-bond donors (Lipinski definition) is 3. The number of ether oxygens (including phenoxy) is 1. The van der Waals surface area contributed by atoms with Gasteiger partial charge in [0.05, 0.1) is 35.5 Å². The van der Waals surface area contributed by atoms with Crippen LogP contribution in [0.2, 0.25) is 5.02 Å². The molecule has 2 fully saturated rings. The number of anilines is 1. The molecule has 0 atom stereocenters. The minimum Gasteiger partial charge on any atom is -0.494 e. The number of nitrogens with zero attached hydrogens (tertiary/aromatic N) is 4. The molecule has 1 aromatic heterocycles. The quantitative estimate of drug-likeness (QED) is 0.357. The zero-order valence-corrected chi connectivity index (χ0v) is 24.0. The van der Waals surface area contributed by atoms with Gasteiger partial charge in [0.25, 0.3) is 18.3 Å². The molecule has 2 aromatic carbocycles. The Morgan fingerprint density at radius 1 is 1.09 bits per heavy atom. The lowest BCUT2D eigenvalue weighted by Crippen LogP contribution is -2.57. The number of aromatic nitrogens is 2. The lowest BCUT2D eigenvalue weighted by molar-refractivity contribution is -0.138. The van der Waals surface area contributed by atoms with Gasteiger partial charge in [-0.15, -0.1) is 0 Å². The molecule has 12 nitrogen and oxygen atoms in total. The summed E-state index contributed by atoms with van der Waals surface area (Å²) in [6, 6.07) is 7.16. The van der Waals surface area contributed by atoms with Crippen molar-refractivity contribution >= 4 is 41.5 Å². The van der Waals surface area contributed by atoms with E-state index in [1.807, 2.05) is 0 Å². The van der Waals surface area contributed by atoms with E-state index in [4.69, 9.17) is 26.2 Å². The molecule has 2 saturated heterocycles. The van der Waals surface area contributed by atoms with Crippen molar-refractivity contribution in [1.29, 1.82) is 0 Å². The highest BCUT2D eigenvalue weighted by Gasteiger charge is 2.32. The third-order valence-electron chi connectivity index (χ3n) is 7.20. The smallest absolute Gasteiger partial charge is 0.291 e. The van der Waals surface area contributed by atoms with Crippen LogP contribution in [0.3, 0.4) is 0 Å². The summed E-state index contributed by atoms with van der Waals surface area (Å²) in [6.07, 6.45) is 1.27. The predicted octanol–water partition coefficient (Wildman–Crippen LogP) is 2.48. The number of carbonyl (C=O) groups is 4. The van der Waals surface area contributed by atoms with Crippen molar-refractivity contribution in [2.75, 3.05) is 51.7 Å². The van der Waals surface area contributed by atoms with Crippen LogP contribution in [0.4, 0.5) is 14.5 Å². The van der Waals surface area contributed by atoms with Gasteiger partial charge in [-0.2, -0.15) is 4.39 Å². The number of imidazole rings is 1. The Balaban J connectivity index is 0.00000135. The minimum atomic E-state index is -1.14. The first-order valence-electron chi connectivity index (χ1n) is 13.1. The van der Waals surface area contributed by atoms with Gasteiger partial charge in [-0.05, 0) is 30.3 Å². The van der Waals surface area contributed by atoms with Gasteiger partial charge in [0.15, 0.2) is 17.4 Å². The predicted molar refractivity (Wildman–Crippen MR) is 152 cm³/mol. The molecular formula is C28H29ClF2N6O6. The van der Waals surface area contributed by atoms with Gasteiger partial charge < -0.3 is 34.8 Å². The number of methoxy groups -OCH3 is 1. The van der Waals surface area contributed by atoms with E-state index in [0.717, 1.165) is 0 Å². The van der Waals surface area contributed by atoms with Crippen LogP contribution in [0.15, 0.2) is 36.5 Å². The van der Waals surface area contributed by atoms with E-state index in [9.17, 15) is 23.2 Å². The second-order valence-corrected chi connectivity index (χ2v) is 10.1. The third kappa shape index (κ3) is 6.60. The first-order chi connectivity index (χ1) is 20.6. The summed E-state index contributed by atoms with van der Waals surface area (Å²) in [5, 5.41) is 12.8.